The van der Waals surface area contributed by atoms with E-state index < -0.39 is 0 Å². The fourth-order valence-electron chi connectivity index (χ4n) is 1.86. The first-order chi connectivity index (χ1) is 9.06. The third kappa shape index (κ3) is 3.80. The van der Waals surface area contributed by atoms with Crippen molar-refractivity contribution in [3.05, 3.63) is 63.9 Å². The summed E-state index contributed by atoms with van der Waals surface area (Å²) in [5.74, 6) is 0.339. The minimum Gasteiger partial charge on any atom is -0.381 e. The fourth-order valence-corrected chi connectivity index (χ4v) is 2.27. The van der Waals surface area contributed by atoms with Gasteiger partial charge in [-0.05, 0) is 41.8 Å². The van der Waals surface area contributed by atoms with Gasteiger partial charge >= 0.3 is 0 Å². The van der Waals surface area contributed by atoms with E-state index in [1.807, 2.05) is 12.1 Å². The Hall–Kier alpha value is -1.35. The SMILES string of the molecule is CC(C)c1ccc(NCc2cc(Br)ccc2F)cc1. The van der Waals surface area contributed by atoms with Crippen LogP contribution in [0.5, 0.6) is 0 Å². The van der Waals surface area contributed by atoms with E-state index in [0.717, 1.165) is 10.2 Å². The van der Waals surface area contributed by atoms with Gasteiger partial charge in [0.15, 0.2) is 0 Å². The molecule has 1 N–H and O–H groups in total. The highest BCUT2D eigenvalue weighted by molar-refractivity contribution is 9.10. The number of benzene rings is 2. The quantitative estimate of drug-likeness (QED) is 0.803. The van der Waals surface area contributed by atoms with Crippen LogP contribution in [0.25, 0.3) is 0 Å². The molecule has 0 bridgehead atoms. The number of anilines is 1. The van der Waals surface area contributed by atoms with Crippen molar-refractivity contribution in [1.82, 2.24) is 0 Å². The number of hydrogen-bond acceptors (Lipinski definition) is 1. The van der Waals surface area contributed by atoms with Gasteiger partial charge in [0, 0.05) is 22.3 Å². The average molecular weight is 322 g/mol. The Morgan fingerprint density at radius 2 is 1.79 bits per heavy atom. The molecule has 0 aromatic heterocycles. The van der Waals surface area contributed by atoms with Gasteiger partial charge in [0.1, 0.15) is 5.82 Å². The molecular formula is C16H17BrFN. The van der Waals surface area contributed by atoms with Crippen molar-refractivity contribution < 1.29 is 4.39 Å². The van der Waals surface area contributed by atoms with Crippen molar-refractivity contribution in [2.75, 3.05) is 5.32 Å². The second kappa shape index (κ2) is 6.20. The van der Waals surface area contributed by atoms with Crippen LogP contribution >= 0.6 is 15.9 Å². The first-order valence-corrected chi connectivity index (χ1v) is 7.13. The van der Waals surface area contributed by atoms with E-state index in [2.05, 4.69) is 47.2 Å². The lowest BCUT2D eigenvalue weighted by Gasteiger charge is -2.10. The predicted molar refractivity (Wildman–Crippen MR) is 82.0 cm³/mol. The van der Waals surface area contributed by atoms with Crippen LogP contribution in [-0.2, 0) is 6.54 Å². The molecule has 2 rings (SSSR count). The summed E-state index contributed by atoms with van der Waals surface area (Å²) in [5.41, 5.74) is 2.96. The van der Waals surface area contributed by atoms with Crippen LogP contribution in [0.1, 0.15) is 30.9 Å². The molecule has 0 radical (unpaired) electrons. The van der Waals surface area contributed by atoms with Crippen molar-refractivity contribution in [3.63, 3.8) is 0 Å². The topological polar surface area (TPSA) is 12.0 Å². The number of rotatable bonds is 4. The second-order valence-electron chi connectivity index (χ2n) is 4.87. The van der Waals surface area contributed by atoms with Crippen LogP contribution in [0.15, 0.2) is 46.9 Å². The molecule has 3 heteroatoms. The molecule has 0 atom stereocenters. The zero-order valence-corrected chi connectivity index (χ0v) is 12.7. The van der Waals surface area contributed by atoms with Crippen molar-refractivity contribution >= 4 is 21.6 Å². The maximum Gasteiger partial charge on any atom is 0.128 e. The third-order valence-electron chi connectivity index (χ3n) is 3.07. The highest BCUT2D eigenvalue weighted by atomic mass is 79.9. The van der Waals surface area contributed by atoms with Crippen LogP contribution in [0, 0.1) is 5.82 Å². The van der Waals surface area contributed by atoms with E-state index in [9.17, 15) is 4.39 Å². The Morgan fingerprint density at radius 3 is 2.42 bits per heavy atom. The summed E-state index contributed by atoms with van der Waals surface area (Å²) in [6.45, 7) is 4.81. The molecule has 0 aliphatic rings. The van der Waals surface area contributed by atoms with Crippen LogP contribution in [0.3, 0.4) is 0 Å². The molecule has 0 amide bonds. The zero-order chi connectivity index (χ0) is 13.8. The van der Waals surface area contributed by atoms with Gasteiger partial charge in [0.25, 0.3) is 0 Å². The van der Waals surface area contributed by atoms with E-state index >= 15 is 0 Å². The van der Waals surface area contributed by atoms with Gasteiger partial charge in [0.05, 0.1) is 0 Å². The summed E-state index contributed by atoms with van der Waals surface area (Å²) in [7, 11) is 0. The van der Waals surface area contributed by atoms with Gasteiger partial charge in [-0.1, -0.05) is 41.9 Å². The molecule has 19 heavy (non-hydrogen) atoms. The molecule has 2 aromatic rings. The standard InChI is InChI=1S/C16H17BrFN/c1-11(2)12-3-6-15(7-4-12)19-10-13-9-14(17)5-8-16(13)18/h3-9,11,19H,10H2,1-2H3. The minimum absolute atomic E-state index is 0.186. The fraction of sp³-hybridized carbons (Fsp3) is 0.250. The lowest BCUT2D eigenvalue weighted by molar-refractivity contribution is 0.612. The molecule has 2 aromatic carbocycles. The van der Waals surface area contributed by atoms with Gasteiger partial charge in [-0.15, -0.1) is 0 Å². The van der Waals surface area contributed by atoms with Gasteiger partial charge in [-0.25, -0.2) is 4.39 Å². The molecule has 0 aliphatic carbocycles. The van der Waals surface area contributed by atoms with Crippen molar-refractivity contribution in [2.45, 2.75) is 26.3 Å². The Kier molecular flexibility index (Phi) is 4.59. The summed E-state index contributed by atoms with van der Waals surface area (Å²) >= 11 is 3.35. The van der Waals surface area contributed by atoms with Crippen LogP contribution in [0.2, 0.25) is 0 Å². The monoisotopic (exact) mass is 321 g/mol. The Morgan fingerprint density at radius 1 is 1.11 bits per heavy atom. The molecule has 0 unspecified atom stereocenters. The number of halogens is 2. The highest BCUT2D eigenvalue weighted by Crippen LogP contribution is 2.19. The molecule has 100 valence electrons. The molecule has 0 heterocycles. The van der Waals surface area contributed by atoms with E-state index in [1.165, 1.54) is 11.6 Å². The first kappa shape index (κ1) is 14.1. The summed E-state index contributed by atoms with van der Waals surface area (Å²) in [5, 5.41) is 3.23. The highest BCUT2D eigenvalue weighted by Gasteiger charge is 2.03. The third-order valence-corrected chi connectivity index (χ3v) is 3.56. The van der Waals surface area contributed by atoms with Gasteiger partial charge < -0.3 is 5.32 Å². The lowest BCUT2D eigenvalue weighted by Crippen LogP contribution is -2.02. The lowest BCUT2D eigenvalue weighted by atomic mass is 10.0. The van der Waals surface area contributed by atoms with Crippen LogP contribution in [-0.4, -0.2) is 0 Å². The molecule has 0 spiro atoms. The molecular weight excluding hydrogens is 305 g/mol. The first-order valence-electron chi connectivity index (χ1n) is 6.34. The smallest absolute Gasteiger partial charge is 0.128 e. The summed E-state index contributed by atoms with van der Waals surface area (Å²) < 4.78 is 14.5. The summed E-state index contributed by atoms with van der Waals surface area (Å²) in [6.07, 6.45) is 0. The molecule has 0 saturated carbocycles. The number of hydrogen-bond donors (Lipinski definition) is 1. The molecule has 0 fully saturated rings. The zero-order valence-electron chi connectivity index (χ0n) is 11.1. The van der Waals surface area contributed by atoms with E-state index in [4.69, 9.17) is 0 Å². The van der Waals surface area contributed by atoms with Crippen LogP contribution < -0.4 is 5.32 Å². The maximum atomic E-state index is 13.6. The Balaban J connectivity index is 2.04. The molecule has 1 nitrogen and oxygen atoms in total. The molecule has 0 aliphatic heterocycles. The van der Waals surface area contributed by atoms with Crippen molar-refractivity contribution in [1.29, 1.82) is 0 Å². The largest absolute Gasteiger partial charge is 0.381 e. The Bertz CT molecular complexity index is 549. The normalized spacial score (nSPS) is 10.8. The summed E-state index contributed by atoms with van der Waals surface area (Å²) in [4.78, 5) is 0. The van der Waals surface area contributed by atoms with Gasteiger partial charge in [-0.3, -0.25) is 0 Å². The van der Waals surface area contributed by atoms with E-state index in [-0.39, 0.29) is 5.82 Å². The minimum atomic E-state index is -0.186. The number of nitrogens with one attached hydrogen (secondary N) is 1. The van der Waals surface area contributed by atoms with E-state index in [0.29, 0.717) is 18.0 Å². The van der Waals surface area contributed by atoms with Crippen molar-refractivity contribution in [3.8, 4) is 0 Å². The van der Waals surface area contributed by atoms with Gasteiger partial charge in [0.2, 0.25) is 0 Å². The van der Waals surface area contributed by atoms with Crippen molar-refractivity contribution in [2.24, 2.45) is 0 Å². The molecule has 0 saturated heterocycles. The predicted octanol–water partition coefficient (Wildman–Crippen LogP) is 5.32. The van der Waals surface area contributed by atoms with Crippen LogP contribution in [0.4, 0.5) is 10.1 Å². The summed E-state index contributed by atoms with van der Waals surface area (Å²) in [6, 6.07) is 13.2. The van der Waals surface area contributed by atoms with E-state index in [1.54, 1.807) is 12.1 Å². The maximum absolute atomic E-state index is 13.6. The Labute approximate surface area is 122 Å². The second-order valence-corrected chi connectivity index (χ2v) is 5.78. The average Bonchev–Trinajstić information content (AvgIpc) is 2.40. The van der Waals surface area contributed by atoms with Gasteiger partial charge in [-0.2, -0.15) is 0 Å².